The van der Waals surface area contributed by atoms with Gasteiger partial charge in [-0.3, -0.25) is 14.4 Å². The number of carbonyl (C=O) groups is 3. The Balaban J connectivity index is 4.27. The summed E-state index contributed by atoms with van der Waals surface area (Å²) in [4.78, 5) is 38.3. The molecule has 0 aliphatic heterocycles. The SMILES string of the molecule is CC(C)CCCCCCCCCCCCCCCCCCCCC(=O)OC[C@@H](COC(=O)CCCCCCCCCCCCCCC(C)C)OC(=O)CCCCCCCCCCCCCCCCCC(C)C. The maximum atomic E-state index is 12.9. The van der Waals surface area contributed by atoms with E-state index >= 15 is 0 Å². The van der Waals surface area contributed by atoms with Crippen molar-refractivity contribution in [3.63, 3.8) is 0 Å². The monoisotopic (exact) mass is 1020 g/mol. The van der Waals surface area contributed by atoms with Crippen molar-refractivity contribution >= 4 is 17.9 Å². The predicted octanol–water partition coefficient (Wildman–Crippen LogP) is 21.8. The molecule has 0 rings (SSSR count). The molecule has 0 heterocycles. The van der Waals surface area contributed by atoms with E-state index < -0.39 is 6.10 Å². The van der Waals surface area contributed by atoms with Crippen LogP contribution in [0.25, 0.3) is 0 Å². The van der Waals surface area contributed by atoms with Gasteiger partial charge in [0.25, 0.3) is 0 Å². The zero-order chi connectivity index (χ0) is 52.6. The van der Waals surface area contributed by atoms with E-state index in [0.29, 0.717) is 19.3 Å². The van der Waals surface area contributed by atoms with Crippen molar-refractivity contribution in [1.82, 2.24) is 0 Å². The van der Waals surface area contributed by atoms with Gasteiger partial charge in [0.05, 0.1) is 0 Å². The highest BCUT2D eigenvalue weighted by Crippen LogP contribution is 2.19. The lowest BCUT2D eigenvalue weighted by Crippen LogP contribution is -2.30. The molecule has 72 heavy (non-hydrogen) atoms. The van der Waals surface area contributed by atoms with E-state index in [1.807, 2.05) is 0 Å². The van der Waals surface area contributed by atoms with Crippen LogP contribution in [-0.2, 0) is 28.6 Å². The molecule has 428 valence electrons. The third-order valence-electron chi connectivity index (χ3n) is 15.1. The van der Waals surface area contributed by atoms with Crippen molar-refractivity contribution in [3.8, 4) is 0 Å². The minimum absolute atomic E-state index is 0.0624. The molecule has 0 bridgehead atoms. The number of unbranched alkanes of at least 4 members (excludes halogenated alkanes) is 42. The average molecular weight is 1020 g/mol. The highest BCUT2D eigenvalue weighted by atomic mass is 16.6. The molecular formula is C66H128O6. The predicted molar refractivity (Wildman–Crippen MR) is 312 cm³/mol. The lowest BCUT2D eigenvalue weighted by molar-refractivity contribution is -0.167. The van der Waals surface area contributed by atoms with Crippen LogP contribution < -0.4 is 0 Å². The highest BCUT2D eigenvalue weighted by Gasteiger charge is 2.19. The van der Waals surface area contributed by atoms with E-state index in [2.05, 4.69) is 41.5 Å². The first kappa shape index (κ1) is 70.4. The molecular weight excluding hydrogens is 889 g/mol. The Morgan fingerprint density at radius 2 is 0.403 bits per heavy atom. The summed E-state index contributed by atoms with van der Waals surface area (Å²) in [5.74, 6) is 1.71. The van der Waals surface area contributed by atoms with Crippen LogP contribution in [0.2, 0.25) is 0 Å². The van der Waals surface area contributed by atoms with E-state index in [9.17, 15) is 14.4 Å². The Bertz CT molecular complexity index is 1120. The third-order valence-corrected chi connectivity index (χ3v) is 15.1. The van der Waals surface area contributed by atoms with Crippen LogP contribution in [0.15, 0.2) is 0 Å². The smallest absolute Gasteiger partial charge is 0.306 e. The number of ether oxygens (including phenoxy) is 3. The molecule has 0 saturated carbocycles. The highest BCUT2D eigenvalue weighted by molar-refractivity contribution is 5.71. The zero-order valence-electron chi connectivity index (χ0n) is 49.7. The lowest BCUT2D eigenvalue weighted by atomic mass is 10.0. The van der Waals surface area contributed by atoms with E-state index in [0.717, 1.165) is 75.5 Å². The molecule has 0 aromatic rings. The molecule has 0 spiro atoms. The molecule has 0 aliphatic carbocycles. The molecule has 1 atom stereocenters. The van der Waals surface area contributed by atoms with Gasteiger partial charge in [0.15, 0.2) is 6.10 Å². The molecule has 0 N–H and O–H groups in total. The molecule has 0 aromatic carbocycles. The maximum Gasteiger partial charge on any atom is 0.306 e. The second-order valence-electron chi connectivity index (χ2n) is 24.2. The van der Waals surface area contributed by atoms with Crippen molar-refractivity contribution in [2.45, 2.75) is 375 Å². The van der Waals surface area contributed by atoms with Crippen molar-refractivity contribution in [2.24, 2.45) is 17.8 Å². The molecule has 0 amide bonds. The van der Waals surface area contributed by atoms with Crippen LogP contribution in [-0.4, -0.2) is 37.2 Å². The fourth-order valence-corrected chi connectivity index (χ4v) is 10.2. The van der Waals surface area contributed by atoms with E-state index in [4.69, 9.17) is 14.2 Å². The number of hydrogen-bond acceptors (Lipinski definition) is 6. The lowest BCUT2D eigenvalue weighted by Gasteiger charge is -2.18. The van der Waals surface area contributed by atoms with Gasteiger partial charge in [0, 0.05) is 19.3 Å². The number of rotatable bonds is 59. The summed E-state index contributed by atoms with van der Waals surface area (Å²) >= 11 is 0. The van der Waals surface area contributed by atoms with Gasteiger partial charge in [-0.15, -0.1) is 0 Å². The summed E-state index contributed by atoms with van der Waals surface area (Å²) in [5, 5.41) is 0. The van der Waals surface area contributed by atoms with Gasteiger partial charge in [-0.25, -0.2) is 0 Å². The minimum Gasteiger partial charge on any atom is -0.462 e. The quantitative estimate of drug-likeness (QED) is 0.0343. The van der Waals surface area contributed by atoms with Gasteiger partial charge < -0.3 is 14.2 Å². The van der Waals surface area contributed by atoms with Crippen LogP contribution in [0.3, 0.4) is 0 Å². The largest absolute Gasteiger partial charge is 0.462 e. The number of esters is 3. The maximum absolute atomic E-state index is 12.9. The normalized spacial score (nSPS) is 12.1. The third kappa shape index (κ3) is 59.3. The molecule has 0 unspecified atom stereocenters. The van der Waals surface area contributed by atoms with Crippen LogP contribution in [0.1, 0.15) is 369 Å². The summed E-state index contributed by atoms with van der Waals surface area (Å²) in [6.45, 7) is 13.8. The summed E-state index contributed by atoms with van der Waals surface area (Å²) in [7, 11) is 0. The molecule has 0 aliphatic rings. The number of carbonyl (C=O) groups excluding carboxylic acids is 3. The Morgan fingerprint density at radius 3 is 0.597 bits per heavy atom. The summed E-state index contributed by atoms with van der Waals surface area (Å²) in [6.07, 6.45) is 62.5. The van der Waals surface area contributed by atoms with Gasteiger partial charge in [-0.2, -0.15) is 0 Å². The first-order valence-corrected chi connectivity index (χ1v) is 32.6. The molecule has 0 fully saturated rings. The Morgan fingerprint density at radius 1 is 0.236 bits per heavy atom. The Kier molecular flexibility index (Phi) is 55.9. The Labute approximate surface area is 450 Å². The topological polar surface area (TPSA) is 78.9 Å². The fraction of sp³-hybridized carbons (Fsp3) is 0.955. The standard InChI is InChI=1S/C66H128O6/c1-60(2)52-46-40-34-28-22-16-12-9-7-8-10-14-18-25-31-37-43-49-55-64(67)70-58-63(59-71-65(68)56-50-44-38-32-26-21-20-24-30-36-42-48-54-62(5)6)72-66(69)57-51-45-39-33-27-19-15-11-13-17-23-29-35-41-47-53-61(3)4/h60-63H,7-59H2,1-6H3/t63-/m0/s1. The molecule has 0 saturated heterocycles. The number of hydrogen-bond donors (Lipinski definition) is 0. The minimum atomic E-state index is -0.765. The second kappa shape index (κ2) is 57.1. The molecule has 6 nitrogen and oxygen atoms in total. The van der Waals surface area contributed by atoms with Crippen molar-refractivity contribution in [3.05, 3.63) is 0 Å². The average Bonchev–Trinajstić information content (AvgIpc) is 3.34. The summed E-state index contributed by atoms with van der Waals surface area (Å²) in [6, 6.07) is 0. The van der Waals surface area contributed by atoms with Gasteiger partial charge >= 0.3 is 17.9 Å². The van der Waals surface area contributed by atoms with Gasteiger partial charge in [0.1, 0.15) is 13.2 Å². The van der Waals surface area contributed by atoms with Gasteiger partial charge in [-0.05, 0) is 37.0 Å². The van der Waals surface area contributed by atoms with Crippen molar-refractivity contribution in [2.75, 3.05) is 13.2 Å². The van der Waals surface area contributed by atoms with Crippen LogP contribution >= 0.6 is 0 Å². The van der Waals surface area contributed by atoms with E-state index in [1.54, 1.807) is 0 Å². The molecule has 0 aromatic heterocycles. The second-order valence-corrected chi connectivity index (χ2v) is 24.2. The van der Waals surface area contributed by atoms with Gasteiger partial charge in [0.2, 0.25) is 0 Å². The fourth-order valence-electron chi connectivity index (χ4n) is 10.2. The van der Waals surface area contributed by atoms with Crippen molar-refractivity contribution in [1.29, 1.82) is 0 Å². The molecule has 6 heteroatoms. The van der Waals surface area contributed by atoms with Crippen LogP contribution in [0, 0.1) is 17.8 Å². The first-order valence-electron chi connectivity index (χ1n) is 32.6. The van der Waals surface area contributed by atoms with Crippen LogP contribution in [0.5, 0.6) is 0 Å². The van der Waals surface area contributed by atoms with Crippen molar-refractivity contribution < 1.29 is 28.6 Å². The Hall–Kier alpha value is -1.59. The zero-order valence-corrected chi connectivity index (χ0v) is 49.7. The summed E-state index contributed by atoms with van der Waals surface area (Å²) < 4.78 is 17.0. The van der Waals surface area contributed by atoms with E-state index in [1.165, 1.54) is 250 Å². The van der Waals surface area contributed by atoms with Gasteiger partial charge in [-0.1, -0.05) is 330 Å². The van der Waals surface area contributed by atoms with E-state index in [-0.39, 0.29) is 31.1 Å². The summed E-state index contributed by atoms with van der Waals surface area (Å²) in [5.41, 5.74) is 0. The van der Waals surface area contributed by atoms with Crippen LogP contribution in [0.4, 0.5) is 0 Å². The molecule has 0 radical (unpaired) electrons. The first-order chi connectivity index (χ1) is 35.1.